The van der Waals surface area contributed by atoms with E-state index in [2.05, 4.69) is 50.0 Å². The van der Waals surface area contributed by atoms with Gasteiger partial charge in [0, 0.05) is 37.7 Å². The van der Waals surface area contributed by atoms with Crippen molar-refractivity contribution in [2.24, 2.45) is 5.92 Å². The van der Waals surface area contributed by atoms with Crippen LogP contribution in [0.3, 0.4) is 0 Å². The fourth-order valence-corrected chi connectivity index (χ4v) is 3.07. The number of hydrogen-bond acceptors (Lipinski definition) is 4. The van der Waals surface area contributed by atoms with E-state index < -0.39 is 0 Å². The molecule has 0 aromatic heterocycles. The summed E-state index contributed by atoms with van der Waals surface area (Å²) in [7, 11) is 4.30. The maximum absolute atomic E-state index is 5.69. The third-order valence-electron chi connectivity index (χ3n) is 4.07. The second kappa shape index (κ2) is 8.90. The molecule has 1 N–H and O–H groups in total. The second-order valence-corrected chi connectivity index (χ2v) is 5.99. The maximum Gasteiger partial charge on any atom is 0.0521 e. The normalized spacial score (nSPS) is 26.1. The van der Waals surface area contributed by atoms with Gasteiger partial charge in [0.05, 0.1) is 6.61 Å². The van der Waals surface area contributed by atoms with Crippen LogP contribution < -0.4 is 5.32 Å². The van der Waals surface area contributed by atoms with Crippen LogP contribution in [0.4, 0.5) is 0 Å². The molecule has 1 aliphatic rings. The topological polar surface area (TPSA) is 27.7 Å². The van der Waals surface area contributed by atoms with Gasteiger partial charge in [-0.1, -0.05) is 13.8 Å². The van der Waals surface area contributed by atoms with E-state index in [9.17, 15) is 0 Å². The Hall–Kier alpha value is -0.160. The van der Waals surface area contributed by atoms with Gasteiger partial charge in [0.1, 0.15) is 0 Å². The summed E-state index contributed by atoms with van der Waals surface area (Å²) in [5, 5.41) is 3.63. The first-order valence-electron chi connectivity index (χ1n) is 7.78. The van der Waals surface area contributed by atoms with Gasteiger partial charge in [-0.25, -0.2) is 0 Å². The minimum Gasteiger partial charge on any atom is -0.381 e. The molecular formula is C15H33N3O. The summed E-state index contributed by atoms with van der Waals surface area (Å²) < 4.78 is 5.69. The number of hydrogen-bond donors (Lipinski definition) is 1. The van der Waals surface area contributed by atoms with E-state index in [1.807, 2.05) is 0 Å². The first-order chi connectivity index (χ1) is 9.08. The van der Waals surface area contributed by atoms with E-state index in [-0.39, 0.29) is 0 Å². The maximum atomic E-state index is 5.69. The highest BCUT2D eigenvalue weighted by Gasteiger charge is 2.27. The molecule has 0 bridgehead atoms. The summed E-state index contributed by atoms with van der Waals surface area (Å²) >= 11 is 0. The Balaban J connectivity index is 2.51. The molecule has 0 radical (unpaired) electrons. The van der Waals surface area contributed by atoms with Crippen LogP contribution in [-0.4, -0.2) is 75.4 Å². The molecule has 1 fully saturated rings. The highest BCUT2D eigenvalue weighted by atomic mass is 16.5. The number of ether oxygens (including phenoxy) is 1. The van der Waals surface area contributed by atoms with Crippen LogP contribution in [0.5, 0.6) is 0 Å². The first-order valence-corrected chi connectivity index (χ1v) is 7.78. The quantitative estimate of drug-likeness (QED) is 0.719. The van der Waals surface area contributed by atoms with Gasteiger partial charge >= 0.3 is 0 Å². The van der Waals surface area contributed by atoms with Gasteiger partial charge in [0.25, 0.3) is 0 Å². The molecule has 4 nitrogen and oxygen atoms in total. The number of nitrogens with one attached hydrogen (secondary N) is 1. The smallest absolute Gasteiger partial charge is 0.0521 e. The van der Waals surface area contributed by atoms with Gasteiger partial charge in [0.2, 0.25) is 0 Å². The molecule has 1 saturated heterocycles. The van der Waals surface area contributed by atoms with Gasteiger partial charge in [-0.3, -0.25) is 4.90 Å². The molecular weight excluding hydrogens is 238 g/mol. The zero-order valence-electron chi connectivity index (χ0n) is 13.5. The van der Waals surface area contributed by atoms with Gasteiger partial charge in [-0.15, -0.1) is 0 Å². The Labute approximate surface area is 119 Å². The van der Waals surface area contributed by atoms with E-state index in [4.69, 9.17) is 4.74 Å². The van der Waals surface area contributed by atoms with E-state index >= 15 is 0 Å². The molecule has 1 rings (SSSR count). The fraction of sp³-hybridized carbons (Fsp3) is 1.00. The molecule has 0 aliphatic carbocycles. The van der Waals surface area contributed by atoms with Crippen LogP contribution >= 0.6 is 0 Å². The Morgan fingerprint density at radius 1 is 1.32 bits per heavy atom. The van der Waals surface area contributed by atoms with E-state index in [0.29, 0.717) is 18.0 Å². The Morgan fingerprint density at radius 3 is 2.63 bits per heavy atom. The summed E-state index contributed by atoms with van der Waals surface area (Å²) in [6.07, 6.45) is 1.15. The van der Waals surface area contributed by atoms with E-state index in [1.165, 1.54) is 0 Å². The van der Waals surface area contributed by atoms with Crippen molar-refractivity contribution < 1.29 is 4.74 Å². The highest BCUT2D eigenvalue weighted by molar-refractivity contribution is 4.83. The van der Waals surface area contributed by atoms with Crippen molar-refractivity contribution in [1.82, 2.24) is 15.1 Å². The molecule has 0 spiro atoms. The largest absolute Gasteiger partial charge is 0.381 e. The molecule has 3 unspecified atom stereocenters. The third-order valence-corrected chi connectivity index (χ3v) is 4.07. The molecule has 0 aromatic carbocycles. The highest BCUT2D eigenvalue weighted by Crippen LogP contribution is 2.17. The van der Waals surface area contributed by atoms with Crippen molar-refractivity contribution in [3.8, 4) is 0 Å². The Kier molecular flexibility index (Phi) is 7.91. The van der Waals surface area contributed by atoms with Crippen molar-refractivity contribution in [3.05, 3.63) is 0 Å². The van der Waals surface area contributed by atoms with Crippen LogP contribution in [-0.2, 0) is 4.74 Å². The SMILES string of the molecule is CCNC1CCOCC1CN(CC)C(C)CN(C)C. The first kappa shape index (κ1) is 16.9. The van der Waals surface area contributed by atoms with Crippen molar-refractivity contribution >= 4 is 0 Å². The van der Waals surface area contributed by atoms with Gasteiger partial charge in [-0.2, -0.15) is 0 Å². The predicted molar refractivity (Wildman–Crippen MR) is 81.7 cm³/mol. The van der Waals surface area contributed by atoms with Crippen LogP contribution in [0.2, 0.25) is 0 Å². The lowest BCUT2D eigenvalue weighted by atomic mass is 9.94. The standard InChI is InChI=1S/C15H33N3O/c1-6-16-15-8-9-19-12-14(15)11-18(7-2)13(3)10-17(4)5/h13-16H,6-12H2,1-5H3. The average Bonchev–Trinajstić information content (AvgIpc) is 2.37. The summed E-state index contributed by atoms with van der Waals surface area (Å²) in [5.41, 5.74) is 0. The molecule has 4 heteroatoms. The Morgan fingerprint density at radius 2 is 2.05 bits per heavy atom. The summed E-state index contributed by atoms with van der Waals surface area (Å²) in [4.78, 5) is 4.86. The second-order valence-electron chi connectivity index (χ2n) is 5.99. The van der Waals surface area contributed by atoms with E-state index in [0.717, 1.165) is 45.8 Å². The summed E-state index contributed by atoms with van der Waals surface area (Å²) in [5.74, 6) is 0.623. The van der Waals surface area contributed by atoms with Gasteiger partial charge in [0.15, 0.2) is 0 Å². The van der Waals surface area contributed by atoms with Crippen molar-refractivity contribution in [1.29, 1.82) is 0 Å². The number of rotatable bonds is 8. The van der Waals surface area contributed by atoms with Crippen LogP contribution in [0, 0.1) is 5.92 Å². The number of likely N-dealkylation sites (N-methyl/N-ethyl adjacent to an activating group) is 2. The molecule has 1 aliphatic heterocycles. The fourth-order valence-electron chi connectivity index (χ4n) is 3.07. The van der Waals surface area contributed by atoms with Crippen LogP contribution in [0.1, 0.15) is 27.2 Å². The van der Waals surface area contributed by atoms with Crippen molar-refractivity contribution in [2.45, 2.75) is 39.3 Å². The summed E-state index contributed by atoms with van der Waals surface area (Å²) in [6, 6.07) is 1.23. The molecule has 0 aromatic rings. The molecule has 114 valence electrons. The molecule has 0 saturated carbocycles. The van der Waals surface area contributed by atoms with Gasteiger partial charge < -0.3 is 15.0 Å². The Bertz CT molecular complexity index is 233. The monoisotopic (exact) mass is 271 g/mol. The van der Waals surface area contributed by atoms with E-state index in [1.54, 1.807) is 0 Å². The molecule has 19 heavy (non-hydrogen) atoms. The van der Waals surface area contributed by atoms with Crippen molar-refractivity contribution in [3.63, 3.8) is 0 Å². The predicted octanol–water partition coefficient (Wildman–Crippen LogP) is 1.27. The third kappa shape index (κ3) is 5.78. The van der Waals surface area contributed by atoms with Gasteiger partial charge in [-0.05, 0) is 40.5 Å². The minimum absolute atomic E-state index is 0.601. The lowest BCUT2D eigenvalue weighted by Gasteiger charge is -2.38. The molecule has 3 atom stereocenters. The molecule has 1 heterocycles. The lowest BCUT2D eigenvalue weighted by molar-refractivity contribution is 0.0108. The molecule has 0 amide bonds. The average molecular weight is 271 g/mol. The zero-order chi connectivity index (χ0) is 14.3. The van der Waals surface area contributed by atoms with Crippen LogP contribution in [0.15, 0.2) is 0 Å². The number of nitrogens with zero attached hydrogens (tertiary/aromatic N) is 2. The van der Waals surface area contributed by atoms with Crippen molar-refractivity contribution in [2.75, 3.05) is 53.5 Å². The lowest BCUT2D eigenvalue weighted by Crippen LogP contribution is -2.50. The van der Waals surface area contributed by atoms with Crippen LogP contribution in [0.25, 0.3) is 0 Å². The summed E-state index contributed by atoms with van der Waals surface area (Å²) in [6.45, 7) is 13.0. The zero-order valence-corrected chi connectivity index (χ0v) is 13.5. The minimum atomic E-state index is 0.601.